The van der Waals surface area contributed by atoms with Crippen molar-refractivity contribution in [3.63, 3.8) is 0 Å². The van der Waals surface area contributed by atoms with Gasteiger partial charge in [-0.3, -0.25) is 9.11 Å². The Morgan fingerprint density at radius 1 is 0.700 bits per heavy atom. The van der Waals surface area contributed by atoms with E-state index < -0.39 is 10.4 Å². The van der Waals surface area contributed by atoms with Crippen LogP contribution in [0.25, 0.3) is 0 Å². The summed E-state index contributed by atoms with van der Waals surface area (Å²) in [5.41, 5.74) is 0. The van der Waals surface area contributed by atoms with Gasteiger partial charge in [0.05, 0.1) is 0 Å². The lowest BCUT2D eigenvalue weighted by Gasteiger charge is -2.03. The summed E-state index contributed by atoms with van der Waals surface area (Å²) in [6, 6.07) is 0. The zero-order valence-electron chi connectivity index (χ0n) is 13.0. The van der Waals surface area contributed by atoms with Gasteiger partial charge in [0.1, 0.15) is 0 Å². The van der Waals surface area contributed by atoms with Crippen molar-refractivity contribution >= 4 is 10.4 Å². The average molecular weight is 312 g/mol. The molecule has 0 bridgehead atoms. The molecule has 0 spiro atoms. The van der Waals surface area contributed by atoms with Crippen molar-refractivity contribution in [2.24, 2.45) is 0 Å². The minimum absolute atomic E-state index is 0.984. The molecule has 0 aliphatic carbocycles. The predicted octanol–water partition coefficient (Wildman–Crippen LogP) is 4.29. The molecular formula is C14H32O5S. The van der Waals surface area contributed by atoms with Crippen LogP contribution in [0.2, 0.25) is 0 Å². The summed E-state index contributed by atoms with van der Waals surface area (Å²) >= 11 is 0. The van der Waals surface area contributed by atoms with E-state index in [1.54, 1.807) is 0 Å². The quantitative estimate of drug-likeness (QED) is 0.415. The molecule has 20 heavy (non-hydrogen) atoms. The van der Waals surface area contributed by atoms with Gasteiger partial charge < -0.3 is 4.74 Å². The number of hydrogen-bond donors (Lipinski definition) is 2. The zero-order valence-corrected chi connectivity index (χ0v) is 13.8. The molecule has 0 heterocycles. The molecule has 6 heteroatoms. The van der Waals surface area contributed by atoms with E-state index in [9.17, 15) is 0 Å². The minimum Gasteiger partial charge on any atom is -0.381 e. The zero-order chi connectivity index (χ0) is 15.7. The summed E-state index contributed by atoms with van der Waals surface area (Å²) in [5, 5.41) is 0. The number of hydrogen-bond acceptors (Lipinski definition) is 3. The van der Waals surface area contributed by atoms with Crippen LogP contribution in [0.1, 0.15) is 78.1 Å². The van der Waals surface area contributed by atoms with Crippen molar-refractivity contribution in [2.45, 2.75) is 78.1 Å². The Balaban J connectivity index is 0. The highest BCUT2D eigenvalue weighted by molar-refractivity contribution is 7.79. The lowest BCUT2D eigenvalue weighted by Crippen LogP contribution is -1.97. The fourth-order valence-electron chi connectivity index (χ4n) is 1.72. The normalized spacial score (nSPS) is 11.0. The largest absolute Gasteiger partial charge is 0.394 e. The van der Waals surface area contributed by atoms with E-state index in [4.69, 9.17) is 22.3 Å². The molecule has 0 aromatic carbocycles. The first-order chi connectivity index (χ1) is 9.41. The van der Waals surface area contributed by atoms with Crippen LogP contribution >= 0.6 is 0 Å². The molecule has 0 aromatic rings. The number of ether oxygens (including phenoxy) is 1. The van der Waals surface area contributed by atoms with E-state index in [1.807, 2.05) is 0 Å². The molecule has 0 rings (SSSR count). The van der Waals surface area contributed by atoms with E-state index in [0.717, 1.165) is 13.2 Å². The van der Waals surface area contributed by atoms with Crippen LogP contribution < -0.4 is 0 Å². The van der Waals surface area contributed by atoms with Gasteiger partial charge >= 0.3 is 10.4 Å². The maximum absolute atomic E-state index is 8.74. The Morgan fingerprint density at radius 2 is 1.00 bits per heavy atom. The standard InChI is InChI=1S/C14H30O.H2O4S/c1-3-5-7-9-11-13-15-14-12-10-8-6-4-2;1-5(2,3)4/h3-14H2,1-2H3;(H2,1,2,3,4). The van der Waals surface area contributed by atoms with E-state index >= 15 is 0 Å². The molecular weight excluding hydrogens is 280 g/mol. The van der Waals surface area contributed by atoms with Gasteiger partial charge in [-0.25, -0.2) is 0 Å². The third-order valence-electron chi connectivity index (χ3n) is 2.78. The molecule has 0 radical (unpaired) electrons. The summed E-state index contributed by atoms with van der Waals surface area (Å²) in [6.45, 7) is 6.48. The molecule has 0 aromatic heterocycles. The maximum atomic E-state index is 8.74. The van der Waals surface area contributed by atoms with Crippen molar-refractivity contribution in [2.75, 3.05) is 13.2 Å². The van der Waals surface area contributed by atoms with Gasteiger partial charge in [0.25, 0.3) is 0 Å². The van der Waals surface area contributed by atoms with Gasteiger partial charge in [-0.05, 0) is 12.8 Å². The first kappa shape index (κ1) is 22.1. The Kier molecular flexibility index (Phi) is 18.7. The molecule has 124 valence electrons. The molecule has 0 saturated heterocycles. The van der Waals surface area contributed by atoms with Crippen LogP contribution in [0.3, 0.4) is 0 Å². The third-order valence-corrected chi connectivity index (χ3v) is 2.78. The lowest BCUT2D eigenvalue weighted by atomic mass is 10.1. The molecule has 5 nitrogen and oxygen atoms in total. The minimum atomic E-state index is -4.67. The first-order valence-corrected chi connectivity index (χ1v) is 9.09. The summed E-state index contributed by atoms with van der Waals surface area (Å²) in [4.78, 5) is 0. The third kappa shape index (κ3) is 36.1. The van der Waals surface area contributed by atoms with Crippen molar-refractivity contribution in [3.05, 3.63) is 0 Å². The van der Waals surface area contributed by atoms with Gasteiger partial charge in [0.15, 0.2) is 0 Å². The second kappa shape index (κ2) is 16.9. The highest BCUT2D eigenvalue weighted by atomic mass is 32.3. The highest BCUT2D eigenvalue weighted by Crippen LogP contribution is 2.04. The van der Waals surface area contributed by atoms with E-state index in [-0.39, 0.29) is 0 Å². The summed E-state index contributed by atoms with van der Waals surface area (Å²) in [7, 11) is -4.67. The molecule has 0 aliphatic rings. The molecule has 0 atom stereocenters. The Labute approximate surface area is 124 Å². The van der Waals surface area contributed by atoms with Crippen LogP contribution in [0, 0.1) is 0 Å². The SMILES string of the molecule is CCCCCCCOCCCCCCC.O=S(=O)(O)O. The number of rotatable bonds is 12. The Bertz CT molecular complexity index is 245. The van der Waals surface area contributed by atoms with E-state index in [2.05, 4.69) is 13.8 Å². The molecule has 0 unspecified atom stereocenters. The molecule has 0 fully saturated rings. The lowest BCUT2D eigenvalue weighted by molar-refractivity contribution is 0.125. The highest BCUT2D eigenvalue weighted by Gasteiger charge is 1.91. The van der Waals surface area contributed by atoms with Crippen molar-refractivity contribution in [1.82, 2.24) is 0 Å². The van der Waals surface area contributed by atoms with Gasteiger partial charge in [0, 0.05) is 13.2 Å². The second-order valence-electron chi connectivity index (χ2n) is 4.89. The van der Waals surface area contributed by atoms with Crippen molar-refractivity contribution in [1.29, 1.82) is 0 Å². The molecule has 0 saturated carbocycles. The predicted molar refractivity (Wildman–Crippen MR) is 82.5 cm³/mol. The van der Waals surface area contributed by atoms with E-state index in [0.29, 0.717) is 0 Å². The van der Waals surface area contributed by atoms with Gasteiger partial charge in [-0.15, -0.1) is 0 Å². The Hall–Kier alpha value is -0.170. The monoisotopic (exact) mass is 312 g/mol. The molecule has 2 N–H and O–H groups in total. The summed E-state index contributed by atoms with van der Waals surface area (Å²) < 4.78 is 37.2. The smallest absolute Gasteiger partial charge is 0.381 e. The Morgan fingerprint density at radius 3 is 1.30 bits per heavy atom. The van der Waals surface area contributed by atoms with Crippen LogP contribution in [0.4, 0.5) is 0 Å². The molecule has 0 amide bonds. The van der Waals surface area contributed by atoms with Crippen LogP contribution in [-0.4, -0.2) is 30.7 Å². The fraction of sp³-hybridized carbons (Fsp3) is 1.00. The van der Waals surface area contributed by atoms with Gasteiger partial charge in [0.2, 0.25) is 0 Å². The molecule has 0 aliphatic heterocycles. The maximum Gasteiger partial charge on any atom is 0.394 e. The van der Waals surface area contributed by atoms with Gasteiger partial charge in [-0.2, -0.15) is 8.42 Å². The van der Waals surface area contributed by atoms with Crippen LogP contribution in [0.15, 0.2) is 0 Å². The fourth-order valence-corrected chi connectivity index (χ4v) is 1.72. The summed E-state index contributed by atoms with van der Waals surface area (Å²) in [5.74, 6) is 0. The van der Waals surface area contributed by atoms with E-state index in [1.165, 1.54) is 64.2 Å². The van der Waals surface area contributed by atoms with Crippen molar-refractivity contribution < 1.29 is 22.3 Å². The second-order valence-corrected chi connectivity index (χ2v) is 5.78. The average Bonchev–Trinajstić information content (AvgIpc) is 2.34. The first-order valence-electron chi connectivity index (χ1n) is 7.69. The van der Waals surface area contributed by atoms with Crippen LogP contribution in [-0.2, 0) is 15.1 Å². The van der Waals surface area contributed by atoms with Crippen LogP contribution in [0.5, 0.6) is 0 Å². The van der Waals surface area contributed by atoms with Gasteiger partial charge in [-0.1, -0.05) is 65.2 Å². The topological polar surface area (TPSA) is 83.8 Å². The number of unbranched alkanes of at least 4 members (excludes halogenated alkanes) is 8. The van der Waals surface area contributed by atoms with Crippen molar-refractivity contribution in [3.8, 4) is 0 Å². The summed E-state index contributed by atoms with van der Waals surface area (Å²) in [6.07, 6.45) is 13.4.